The van der Waals surface area contributed by atoms with E-state index in [-0.39, 0.29) is 18.4 Å². The van der Waals surface area contributed by atoms with Crippen molar-refractivity contribution in [3.63, 3.8) is 0 Å². The fourth-order valence-corrected chi connectivity index (χ4v) is 2.32. The normalized spacial score (nSPS) is 10.3. The summed E-state index contributed by atoms with van der Waals surface area (Å²) in [5.74, 6) is -0.0650. The maximum Gasteiger partial charge on any atom is 0.255 e. The standard InChI is InChI=1S/C16H18ClN3O3/c1-10-12(6-7-18-10)16(22)20(2)9-15(21)19-13-8-11(17)4-5-14(13)23-3/h4-8,18H,9H2,1-3H3,(H,19,21). The first-order valence-electron chi connectivity index (χ1n) is 6.95. The van der Waals surface area contributed by atoms with Crippen molar-refractivity contribution < 1.29 is 14.3 Å². The highest BCUT2D eigenvalue weighted by atomic mass is 35.5. The predicted molar refractivity (Wildman–Crippen MR) is 89.1 cm³/mol. The van der Waals surface area contributed by atoms with Gasteiger partial charge in [-0.1, -0.05) is 11.6 Å². The number of benzene rings is 1. The third-order valence-electron chi connectivity index (χ3n) is 3.35. The smallest absolute Gasteiger partial charge is 0.255 e. The van der Waals surface area contributed by atoms with Crippen molar-refractivity contribution in [2.75, 3.05) is 26.0 Å². The molecule has 0 atom stereocenters. The molecule has 0 aliphatic carbocycles. The van der Waals surface area contributed by atoms with E-state index in [2.05, 4.69) is 10.3 Å². The second-order valence-electron chi connectivity index (χ2n) is 5.07. The van der Waals surface area contributed by atoms with Gasteiger partial charge in [0, 0.05) is 24.0 Å². The zero-order valence-electron chi connectivity index (χ0n) is 13.1. The minimum absolute atomic E-state index is 0.0842. The number of nitrogens with zero attached hydrogens (tertiary/aromatic N) is 1. The van der Waals surface area contributed by atoms with E-state index in [1.165, 1.54) is 12.0 Å². The number of halogens is 1. The molecule has 23 heavy (non-hydrogen) atoms. The van der Waals surface area contributed by atoms with Crippen molar-refractivity contribution in [1.82, 2.24) is 9.88 Å². The summed E-state index contributed by atoms with van der Waals surface area (Å²) in [4.78, 5) is 28.7. The average Bonchev–Trinajstić information content (AvgIpc) is 2.92. The van der Waals surface area contributed by atoms with Gasteiger partial charge in [0.25, 0.3) is 5.91 Å². The number of amides is 2. The molecule has 0 spiro atoms. The van der Waals surface area contributed by atoms with E-state index in [1.54, 1.807) is 44.4 Å². The second kappa shape index (κ2) is 7.19. The molecule has 0 fully saturated rings. The van der Waals surface area contributed by atoms with Crippen LogP contribution in [0.3, 0.4) is 0 Å². The molecule has 0 unspecified atom stereocenters. The highest BCUT2D eigenvalue weighted by Gasteiger charge is 2.18. The predicted octanol–water partition coefficient (Wildman–Crippen LogP) is 2.70. The Morgan fingerprint density at radius 1 is 1.35 bits per heavy atom. The number of hydrogen-bond donors (Lipinski definition) is 2. The Labute approximate surface area is 139 Å². The third-order valence-corrected chi connectivity index (χ3v) is 3.58. The Hall–Kier alpha value is -2.47. The second-order valence-corrected chi connectivity index (χ2v) is 5.51. The third kappa shape index (κ3) is 4.04. The van der Waals surface area contributed by atoms with E-state index in [0.717, 1.165) is 5.69 Å². The van der Waals surface area contributed by atoms with Crippen LogP contribution in [-0.4, -0.2) is 42.4 Å². The Morgan fingerprint density at radius 3 is 2.70 bits per heavy atom. The highest BCUT2D eigenvalue weighted by molar-refractivity contribution is 6.31. The molecule has 0 aliphatic rings. The van der Waals surface area contributed by atoms with Crippen molar-refractivity contribution in [2.45, 2.75) is 6.92 Å². The lowest BCUT2D eigenvalue weighted by molar-refractivity contribution is -0.116. The van der Waals surface area contributed by atoms with E-state index < -0.39 is 0 Å². The molecule has 0 aliphatic heterocycles. The highest BCUT2D eigenvalue weighted by Crippen LogP contribution is 2.27. The molecule has 2 aromatic rings. The number of rotatable bonds is 5. The molecular weight excluding hydrogens is 318 g/mol. The average molecular weight is 336 g/mol. The first-order chi connectivity index (χ1) is 10.9. The van der Waals surface area contributed by atoms with Crippen LogP contribution in [0.5, 0.6) is 5.75 Å². The van der Waals surface area contributed by atoms with Gasteiger partial charge in [0.05, 0.1) is 24.9 Å². The topological polar surface area (TPSA) is 74.4 Å². The molecule has 0 saturated heterocycles. The molecule has 122 valence electrons. The molecule has 1 aromatic heterocycles. The SMILES string of the molecule is COc1ccc(Cl)cc1NC(=O)CN(C)C(=O)c1cc[nH]c1C. The van der Waals surface area contributed by atoms with Crippen molar-refractivity contribution in [3.8, 4) is 5.75 Å². The number of hydrogen-bond acceptors (Lipinski definition) is 3. The molecule has 0 radical (unpaired) electrons. The lowest BCUT2D eigenvalue weighted by Crippen LogP contribution is -2.35. The molecule has 1 heterocycles. The quantitative estimate of drug-likeness (QED) is 0.882. The summed E-state index contributed by atoms with van der Waals surface area (Å²) < 4.78 is 5.17. The number of likely N-dealkylation sites (N-methyl/N-ethyl adjacent to an activating group) is 1. The number of carbonyl (C=O) groups excluding carboxylic acids is 2. The summed E-state index contributed by atoms with van der Waals surface area (Å²) >= 11 is 5.92. The lowest BCUT2D eigenvalue weighted by Gasteiger charge is -2.17. The van der Waals surface area contributed by atoms with Gasteiger partial charge in [-0.15, -0.1) is 0 Å². The Balaban J connectivity index is 2.03. The van der Waals surface area contributed by atoms with Crippen molar-refractivity contribution in [3.05, 3.63) is 46.7 Å². The van der Waals surface area contributed by atoms with Gasteiger partial charge in [-0.2, -0.15) is 0 Å². The van der Waals surface area contributed by atoms with Crippen LogP contribution in [0, 0.1) is 6.92 Å². The van der Waals surface area contributed by atoms with Crippen LogP contribution in [-0.2, 0) is 4.79 Å². The van der Waals surface area contributed by atoms with Gasteiger partial charge in [0.1, 0.15) is 5.75 Å². The minimum Gasteiger partial charge on any atom is -0.495 e. The van der Waals surface area contributed by atoms with Crippen LogP contribution in [0.25, 0.3) is 0 Å². The van der Waals surface area contributed by atoms with Crippen LogP contribution in [0.4, 0.5) is 5.69 Å². The van der Waals surface area contributed by atoms with Gasteiger partial charge < -0.3 is 19.9 Å². The number of H-pyrrole nitrogens is 1. The zero-order chi connectivity index (χ0) is 17.0. The minimum atomic E-state index is -0.338. The first kappa shape index (κ1) is 16.9. The molecule has 2 rings (SSSR count). The van der Waals surface area contributed by atoms with Gasteiger partial charge in [0.15, 0.2) is 0 Å². The Morgan fingerprint density at radius 2 is 2.09 bits per heavy atom. The van der Waals surface area contributed by atoms with Gasteiger partial charge in [-0.3, -0.25) is 9.59 Å². The summed E-state index contributed by atoms with van der Waals surface area (Å²) in [6.07, 6.45) is 1.69. The van der Waals surface area contributed by atoms with Gasteiger partial charge >= 0.3 is 0 Å². The molecule has 0 bridgehead atoms. The summed E-state index contributed by atoms with van der Waals surface area (Å²) in [5, 5.41) is 3.18. The van der Waals surface area contributed by atoms with Gasteiger partial charge in [0.2, 0.25) is 5.91 Å². The van der Waals surface area contributed by atoms with E-state index in [0.29, 0.717) is 22.0 Å². The molecular formula is C16H18ClN3O3. The van der Waals surface area contributed by atoms with Crippen molar-refractivity contribution in [2.24, 2.45) is 0 Å². The maximum absolute atomic E-state index is 12.3. The summed E-state index contributed by atoms with van der Waals surface area (Å²) in [5.41, 5.74) is 1.77. The van der Waals surface area contributed by atoms with Gasteiger partial charge in [-0.25, -0.2) is 0 Å². The number of carbonyl (C=O) groups is 2. The van der Waals surface area contributed by atoms with Crippen LogP contribution in [0.1, 0.15) is 16.1 Å². The maximum atomic E-state index is 12.3. The number of ether oxygens (including phenoxy) is 1. The summed E-state index contributed by atoms with van der Waals surface area (Å²) in [6, 6.07) is 6.61. The zero-order valence-corrected chi connectivity index (χ0v) is 13.9. The monoisotopic (exact) mass is 335 g/mol. The number of aromatic amines is 1. The van der Waals surface area contributed by atoms with E-state index >= 15 is 0 Å². The number of aromatic nitrogens is 1. The van der Waals surface area contributed by atoms with Gasteiger partial charge in [-0.05, 0) is 31.2 Å². The molecule has 2 N–H and O–H groups in total. The van der Waals surface area contributed by atoms with Crippen molar-refractivity contribution >= 4 is 29.1 Å². The molecule has 6 nitrogen and oxygen atoms in total. The molecule has 2 amide bonds. The molecule has 0 saturated carbocycles. The molecule has 1 aromatic carbocycles. The van der Waals surface area contributed by atoms with E-state index in [9.17, 15) is 9.59 Å². The van der Waals surface area contributed by atoms with Crippen molar-refractivity contribution in [1.29, 1.82) is 0 Å². The number of anilines is 1. The van der Waals surface area contributed by atoms with Crippen LogP contribution < -0.4 is 10.1 Å². The van der Waals surface area contributed by atoms with E-state index in [4.69, 9.17) is 16.3 Å². The summed E-state index contributed by atoms with van der Waals surface area (Å²) in [6.45, 7) is 1.72. The lowest BCUT2D eigenvalue weighted by atomic mass is 10.2. The number of methoxy groups -OCH3 is 1. The largest absolute Gasteiger partial charge is 0.495 e. The van der Waals surface area contributed by atoms with Crippen LogP contribution in [0.15, 0.2) is 30.5 Å². The number of aryl methyl sites for hydroxylation is 1. The first-order valence-corrected chi connectivity index (χ1v) is 7.33. The summed E-state index contributed by atoms with van der Waals surface area (Å²) in [7, 11) is 3.08. The van der Waals surface area contributed by atoms with Crippen LogP contribution in [0.2, 0.25) is 5.02 Å². The molecule has 7 heteroatoms. The number of nitrogens with one attached hydrogen (secondary N) is 2. The fourth-order valence-electron chi connectivity index (χ4n) is 2.14. The van der Waals surface area contributed by atoms with E-state index in [1.807, 2.05) is 0 Å². The van der Waals surface area contributed by atoms with Crippen LogP contribution >= 0.6 is 11.6 Å². The Kier molecular flexibility index (Phi) is 5.28. The Bertz CT molecular complexity index is 727. The fraction of sp³-hybridized carbons (Fsp3) is 0.250.